The van der Waals surface area contributed by atoms with Gasteiger partial charge in [0, 0.05) is 55.1 Å². The van der Waals surface area contributed by atoms with Gasteiger partial charge < -0.3 is 19.4 Å². The lowest BCUT2D eigenvalue weighted by atomic mass is 9.94. The third-order valence-corrected chi connectivity index (χ3v) is 7.61. The number of carbonyl (C=O) groups excluding carboxylic acids is 1. The predicted molar refractivity (Wildman–Crippen MR) is 141 cm³/mol. The molecule has 0 N–H and O–H groups in total. The Morgan fingerprint density at radius 2 is 1.66 bits per heavy atom. The third kappa shape index (κ3) is 4.74. The van der Waals surface area contributed by atoms with Crippen molar-refractivity contribution < 1.29 is 9.53 Å². The number of fused-ring (bicyclic) bond motifs is 1. The van der Waals surface area contributed by atoms with Crippen LogP contribution in [0.25, 0.3) is 10.8 Å². The quantitative estimate of drug-likeness (QED) is 0.497. The number of hydrogen-bond acceptors (Lipinski definition) is 6. The molecule has 1 aromatic heterocycles. The van der Waals surface area contributed by atoms with E-state index in [2.05, 4.69) is 20.0 Å². The fourth-order valence-corrected chi connectivity index (χ4v) is 5.52. The molecule has 0 atom stereocenters. The van der Waals surface area contributed by atoms with Gasteiger partial charge in [-0.25, -0.2) is 0 Å². The van der Waals surface area contributed by atoms with Gasteiger partial charge in [0.05, 0.1) is 12.8 Å². The van der Waals surface area contributed by atoms with Crippen molar-refractivity contribution in [1.82, 2.24) is 15.1 Å². The molecule has 3 aromatic rings. The minimum atomic E-state index is -0.0370. The molecule has 1 aliphatic carbocycles. The summed E-state index contributed by atoms with van der Waals surface area (Å²) in [6.07, 6.45) is 5.75. The molecule has 0 spiro atoms. The van der Waals surface area contributed by atoms with Crippen LogP contribution in [0.5, 0.6) is 5.75 Å². The lowest BCUT2D eigenvalue weighted by Crippen LogP contribution is -2.47. The van der Waals surface area contributed by atoms with E-state index in [1.807, 2.05) is 54.4 Å². The Morgan fingerprint density at radius 1 is 0.971 bits per heavy atom. The summed E-state index contributed by atoms with van der Waals surface area (Å²) in [5.74, 6) is 1.61. The van der Waals surface area contributed by atoms with Crippen molar-refractivity contribution in [2.45, 2.75) is 38.1 Å². The maximum atomic E-state index is 13.4. The number of halogens is 1. The zero-order valence-corrected chi connectivity index (χ0v) is 21.2. The highest BCUT2D eigenvalue weighted by Gasteiger charge is 2.28. The monoisotopic (exact) mass is 493 g/mol. The van der Waals surface area contributed by atoms with E-state index in [0.29, 0.717) is 10.7 Å². The summed E-state index contributed by atoms with van der Waals surface area (Å²) in [6, 6.07) is 14.0. The van der Waals surface area contributed by atoms with Gasteiger partial charge in [-0.2, -0.15) is 0 Å². The lowest BCUT2D eigenvalue weighted by molar-refractivity contribution is 0.0691. The summed E-state index contributed by atoms with van der Waals surface area (Å²) < 4.78 is 5.55. The van der Waals surface area contributed by atoms with Crippen LogP contribution in [-0.4, -0.2) is 67.4 Å². The largest absolute Gasteiger partial charge is 0.495 e. The summed E-state index contributed by atoms with van der Waals surface area (Å²) in [6.45, 7) is 3.17. The van der Waals surface area contributed by atoms with Crippen molar-refractivity contribution in [2.75, 3.05) is 50.1 Å². The normalized spacial score (nSPS) is 17.0. The molecule has 2 aliphatic rings. The standard InChI is InChI=1S/C27H32ClN5O2/c1-31(20-8-4-3-5-9-20)27(34)25-21-10-6-7-11-22(21)26(30-29-25)33-16-14-32(15-17-33)23-18-19(28)12-13-24(23)35-2/h6-7,10-13,18,20H,3-5,8-9,14-17H2,1-2H3. The van der Waals surface area contributed by atoms with E-state index in [4.69, 9.17) is 16.3 Å². The number of hydrogen-bond donors (Lipinski definition) is 0. The molecule has 1 aliphatic heterocycles. The minimum absolute atomic E-state index is 0.0370. The summed E-state index contributed by atoms with van der Waals surface area (Å²) in [5, 5.41) is 11.6. The fraction of sp³-hybridized carbons (Fsp3) is 0.444. The van der Waals surface area contributed by atoms with E-state index in [9.17, 15) is 4.79 Å². The zero-order chi connectivity index (χ0) is 24.4. The molecule has 5 rings (SSSR count). The highest BCUT2D eigenvalue weighted by molar-refractivity contribution is 6.31. The average molecular weight is 494 g/mol. The molecule has 2 fully saturated rings. The Morgan fingerprint density at radius 3 is 2.37 bits per heavy atom. The van der Waals surface area contributed by atoms with Crippen LogP contribution in [0.1, 0.15) is 42.6 Å². The molecule has 8 heteroatoms. The van der Waals surface area contributed by atoms with E-state index >= 15 is 0 Å². The molecular weight excluding hydrogens is 462 g/mol. The summed E-state index contributed by atoms with van der Waals surface area (Å²) in [7, 11) is 3.59. The van der Waals surface area contributed by atoms with Gasteiger partial charge in [-0.3, -0.25) is 4.79 Å². The maximum Gasteiger partial charge on any atom is 0.275 e. The highest BCUT2D eigenvalue weighted by atomic mass is 35.5. The Kier molecular flexibility index (Phi) is 6.95. The first-order valence-electron chi connectivity index (χ1n) is 12.4. The molecule has 2 heterocycles. The molecule has 2 aromatic carbocycles. The molecule has 35 heavy (non-hydrogen) atoms. The van der Waals surface area contributed by atoms with Crippen molar-refractivity contribution in [3.05, 3.63) is 53.2 Å². The molecular formula is C27H32ClN5O2. The van der Waals surface area contributed by atoms with E-state index in [0.717, 1.165) is 67.0 Å². The van der Waals surface area contributed by atoms with E-state index in [-0.39, 0.29) is 11.9 Å². The van der Waals surface area contributed by atoms with Gasteiger partial charge in [-0.1, -0.05) is 55.1 Å². The number of benzene rings is 2. The summed E-state index contributed by atoms with van der Waals surface area (Å²) in [5.41, 5.74) is 1.45. The van der Waals surface area contributed by atoms with Crippen molar-refractivity contribution in [2.24, 2.45) is 0 Å². The van der Waals surface area contributed by atoms with Gasteiger partial charge in [0.25, 0.3) is 5.91 Å². The van der Waals surface area contributed by atoms with E-state index in [1.54, 1.807) is 7.11 Å². The highest BCUT2D eigenvalue weighted by Crippen LogP contribution is 2.33. The van der Waals surface area contributed by atoms with Gasteiger partial charge in [-0.15, -0.1) is 10.2 Å². The smallest absolute Gasteiger partial charge is 0.275 e. The van der Waals surface area contributed by atoms with Crippen LogP contribution in [-0.2, 0) is 0 Å². The summed E-state index contributed by atoms with van der Waals surface area (Å²) in [4.78, 5) is 19.8. The van der Waals surface area contributed by atoms with Gasteiger partial charge in [-0.05, 0) is 31.0 Å². The number of anilines is 2. The molecule has 0 unspecified atom stereocenters. The van der Waals surface area contributed by atoms with Gasteiger partial charge in [0.2, 0.25) is 0 Å². The van der Waals surface area contributed by atoms with Gasteiger partial charge in [0.15, 0.2) is 11.5 Å². The number of methoxy groups -OCH3 is 1. The van der Waals surface area contributed by atoms with Crippen LogP contribution in [0.3, 0.4) is 0 Å². The fourth-order valence-electron chi connectivity index (χ4n) is 5.35. The average Bonchev–Trinajstić information content (AvgIpc) is 2.92. The molecule has 1 amide bonds. The number of amides is 1. The number of aromatic nitrogens is 2. The first-order valence-corrected chi connectivity index (χ1v) is 12.8. The van der Waals surface area contributed by atoms with Gasteiger partial charge >= 0.3 is 0 Å². The van der Waals surface area contributed by atoms with Crippen LogP contribution in [0.4, 0.5) is 11.5 Å². The Labute approximate surface area is 211 Å². The van der Waals surface area contributed by atoms with Crippen LogP contribution >= 0.6 is 11.6 Å². The molecule has 184 valence electrons. The second-order valence-electron chi connectivity index (χ2n) is 9.42. The molecule has 0 radical (unpaired) electrons. The minimum Gasteiger partial charge on any atom is -0.495 e. The second kappa shape index (κ2) is 10.3. The molecule has 7 nitrogen and oxygen atoms in total. The first kappa shape index (κ1) is 23.7. The molecule has 1 saturated carbocycles. The maximum absolute atomic E-state index is 13.4. The van der Waals surface area contributed by atoms with Crippen LogP contribution in [0, 0.1) is 0 Å². The Bertz CT molecular complexity index is 1210. The van der Waals surface area contributed by atoms with E-state index in [1.165, 1.54) is 19.3 Å². The molecule has 0 bridgehead atoms. The van der Waals surface area contributed by atoms with Crippen molar-refractivity contribution in [1.29, 1.82) is 0 Å². The van der Waals surface area contributed by atoms with E-state index < -0.39 is 0 Å². The summed E-state index contributed by atoms with van der Waals surface area (Å²) >= 11 is 6.25. The van der Waals surface area contributed by atoms with Crippen molar-refractivity contribution >= 4 is 39.8 Å². The van der Waals surface area contributed by atoms with Crippen molar-refractivity contribution in [3.63, 3.8) is 0 Å². The lowest BCUT2D eigenvalue weighted by Gasteiger charge is -2.37. The zero-order valence-electron chi connectivity index (χ0n) is 20.4. The van der Waals surface area contributed by atoms with Crippen LogP contribution < -0.4 is 14.5 Å². The van der Waals surface area contributed by atoms with Crippen LogP contribution in [0.15, 0.2) is 42.5 Å². The number of ether oxygens (including phenoxy) is 1. The SMILES string of the molecule is COc1ccc(Cl)cc1N1CCN(c2nnc(C(=O)N(C)C3CCCCC3)c3ccccc23)CC1. The third-order valence-electron chi connectivity index (χ3n) is 7.37. The number of nitrogens with zero attached hydrogens (tertiary/aromatic N) is 5. The number of rotatable bonds is 5. The topological polar surface area (TPSA) is 61.8 Å². The van der Waals surface area contributed by atoms with Crippen molar-refractivity contribution in [3.8, 4) is 5.75 Å². The molecule has 1 saturated heterocycles. The van der Waals surface area contributed by atoms with Gasteiger partial charge in [0.1, 0.15) is 5.75 Å². The number of carbonyl (C=O) groups is 1. The first-order chi connectivity index (χ1) is 17.1. The Balaban J connectivity index is 1.38. The second-order valence-corrected chi connectivity index (χ2v) is 9.85. The Hall–Kier alpha value is -3.06. The predicted octanol–water partition coefficient (Wildman–Crippen LogP) is 5.02. The van der Waals surface area contributed by atoms with Crippen LogP contribution in [0.2, 0.25) is 5.02 Å². The number of piperazine rings is 1.